The number of hydrogen-bond donors (Lipinski definition) is 2. The van der Waals surface area contributed by atoms with Crippen LogP contribution in [0.25, 0.3) is 0 Å². The molecular weight excluding hydrogens is 340 g/mol. The van der Waals surface area contributed by atoms with Gasteiger partial charge in [0.05, 0.1) is 6.54 Å². The average Bonchev–Trinajstić information content (AvgIpc) is 3.45. The molecule has 5 nitrogen and oxygen atoms in total. The topological polar surface area (TPSA) is 54.9 Å². The number of rotatable bonds is 12. The quantitative estimate of drug-likeness (QED) is 0.338. The Morgan fingerprint density at radius 1 is 1.31 bits per heavy atom. The van der Waals surface area contributed by atoms with Gasteiger partial charge in [-0.25, -0.2) is 13.8 Å². The van der Waals surface area contributed by atoms with Crippen LogP contribution in [-0.4, -0.2) is 45.3 Å². The van der Waals surface area contributed by atoms with Crippen molar-refractivity contribution < 1.29 is 18.3 Å². The molecule has 1 fully saturated rings. The van der Waals surface area contributed by atoms with Crippen LogP contribution in [0.3, 0.4) is 0 Å². The number of guanidine groups is 1. The van der Waals surface area contributed by atoms with E-state index >= 15 is 0 Å². The number of benzene rings is 1. The number of alkyl halides is 2. The minimum Gasteiger partial charge on any atom is -0.488 e. The normalized spacial score (nSPS) is 14.5. The molecule has 2 N–H and O–H groups in total. The van der Waals surface area contributed by atoms with Gasteiger partial charge in [0.1, 0.15) is 12.4 Å². The van der Waals surface area contributed by atoms with Gasteiger partial charge in [0.15, 0.2) is 5.96 Å². The molecule has 146 valence electrons. The molecular formula is C19H29F2N3O2. The summed E-state index contributed by atoms with van der Waals surface area (Å²) in [7, 11) is 0. The van der Waals surface area contributed by atoms with Crippen LogP contribution in [0.1, 0.15) is 31.7 Å². The monoisotopic (exact) mass is 369 g/mol. The molecule has 0 saturated heterocycles. The second kappa shape index (κ2) is 11.7. The maximum atomic E-state index is 12.2. The molecule has 2 rings (SSSR count). The fourth-order valence-corrected chi connectivity index (χ4v) is 2.32. The summed E-state index contributed by atoms with van der Waals surface area (Å²) in [5.74, 6) is 1.96. The van der Waals surface area contributed by atoms with Gasteiger partial charge in [-0.2, -0.15) is 0 Å². The van der Waals surface area contributed by atoms with E-state index in [1.807, 2.05) is 13.0 Å². The van der Waals surface area contributed by atoms with Crippen LogP contribution >= 0.6 is 0 Å². The standard InChI is InChI=1S/C19H29F2N3O2/c1-2-22-19(23-9-4-10-25-13-15-7-8-15)24-12-16-5-3-6-17(11-16)26-14-18(20)21/h3,5-6,11,15,18H,2,4,7-10,12-14H2,1H3,(H2,22,23,24). The van der Waals surface area contributed by atoms with E-state index in [0.717, 1.165) is 50.2 Å². The Kier molecular flexibility index (Phi) is 9.17. The molecule has 26 heavy (non-hydrogen) atoms. The summed E-state index contributed by atoms with van der Waals surface area (Å²) in [4.78, 5) is 4.53. The lowest BCUT2D eigenvalue weighted by Crippen LogP contribution is -2.38. The molecule has 0 amide bonds. The smallest absolute Gasteiger partial charge is 0.272 e. The molecule has 0 bridgehead atoms. The van der Waals surface area contributed by atoms with Crippen molar-refractivity contribution in [1.29, 1.82) is 0 Å². The van der Waals surface area contributed by atoms with Gasteiger partial charge in [-0.3, -0.25) is 0 Å². The van der Waals surface area contributed by atoms with Gasteiger partial charge in [0, 0.05) is 26.3 Å². The molecule has 0 aromatic heterocycles. The van der Waals surface area contributed by atoms with Gasteiger partial charge in [0.25, 0.3) is 6.43 Å². The summed E-state index contributed by atoms with van der Waals surface area (Å²) < 4.78 is 35.1. The number of aliphatic imine (C=N–C) groups is 1. The van der Waals surface area contributed by atoms with Crippen molar-refractivity contribution in [3.05, 3.63) is 29.8 Å². The first-order valence-corrected chi connectivity index (χ1v) is 9.27. The van der Waals surface area contributed by atoms with Gasteiger partial charge in [0.2, 0.25) is 0 Å². The highest BCUT2D eigenvalue weighted by atomic mass is 19.3. The molecule has 0 spiro atoms. The summed E-state index contributed by atoms with van der Waals surface area (Å²) in [5, 5.41) is 6.47. The van der Waals surface area contributed by atoms with Crippen molar-refractivity contribution in [2.24, 2.45) is 10.9 Å². The minimum absolute atomic E-state index is 0.434. The van der Waals surface area contributed by atoms with Crippen LogP contribution in [0, 0.1) is 5.92 Å². The lowest BCUT2D eigenvalue weighted by molar-refractivity contribution is 0.0818. The van der Waals surface area contributed by atoms with Crippen LogP contribution in [0.15, 0.2) is 29.3 Å². The maximum Gasteiger partial charge on any atom is 0.272 e. The average molecular weight is 369 g/mol. The van der Waals surface area contributed by atoms with Crippen LogP contribution < -0.4 is 15.4 Å². The summed E-state index contributed by atoms with van der Waals surface area (Å²) in [6.07, 6.45) is 1.07. The van der Waals surface area contributed by atoms with Crippen molar-refractivity contribution in [3.8, 4) is 5.75 Å². The van der Waals surface area contributed by atoms with Crippen molar-refractivity contribution in [3.63, 3.8) is 0 Å². The van der Waals surface area contributed by atoms with Gasteiger partial charge < -0.3 is 20.1 Å². The first kappa shape index (κ1) is 20.4. The predicted octanol–water partition coefficient (Wildman–Crippen LogP) is 3.20. The first-order chi connectivity index (χ1) is 12.7. The van der Waals surface area contributed by atoms with Crippen LogP contribution in [-0.2, 0) is 11.3 Å². The zero-order chi connectivity index (χ0) is 18.6. The maximum absolute atomic E-state index is 12.2. The zero-order valence-corrected chi connectivity index (χ0v) is 15.3. The number of halogens is 2. The third kappa shape index (κ3) is 8.99. The Morgan fingerprint density at radius 3 is 2.88 bits per heavy atom. The van der Waals surface area contributed by atoms with Gasteiger partial charge in [-0.15, -0.1) is 0 Å². The fourth-order valence-electron chi connectivity index (χ4n) is 2.32. The van der Waals surface area contributed by atoms with Crippen molar-refractivity contribution in [2.45, 2.75) is 39.2 Å². The molecule has 0 atom stereocenters. The lowest BCUT2D eigenvalue weighted by atomic mass is 10.2. The predicted molar refractivity (Wildman–Crippen MR) is 98.9 cm³/mol. The summed E-state index contributed by atoms with van der Waals surface area (Å²) in [6, 6.07) is 7.08. The first-order valence-electron chi connectivity index (χ1n) is 9.27. The Balaban J connectivity index is 1.72. The van der Waals surface area contributed by atoms with E-state index in [1.165, 1.54) is 12.8 Å². The molecule has 0 heterocycles. The van der Waals surface area contributed by atoms with E-state index in [9.17, 15) is 8.78 Å². The Hall–Kier alpha value is -1.89. The molecule has 7 heteroatoms. The molecule has 1 aromatic rings. The van der Waals surface area contributed by atoms with Crippen LogP contribution in [0.4, 0.5) is 8.78 Å². The highest BCUT2D eigenvalue weighted by molar-refractivity contribution is 5.79. The van der Waals surface area contributed by atoms with E-state index in [1.54, 1.807) is 18.2 Å². The third-order valence-corrected chi connectivity index (χ3v) is 3.85. The number of nitrogens with zero attached hydrogens (tertiary/aromatic N) is 1. The van der Waals surface area contributed by atoms with E-state index in [4.69, 9.17) is 9.47 Å². The summed E-state index contributed by atoms with van der Waals surface area (Å²) >= 11 is 0. The Bertz CT molecular complexity index is 551. The summed E-state index contributed by atoms with van der Waals surface area (Å²) in [5.41, 5.74) is 0.904. The minimum atomic E-state index is -2.48. The van der Waals surface area contributed by atoms with Gasteiger partial charge in [-0.05, 0) is 49.8 Å². The SMILES string of the molecule is CCNC(=NCc1cccc(OCC(F)F)c1)NCCCOCC1CC1. The second-order valence-corrected chi connectivity index (χ2v) is 6.34. The molecule has 0 unspecified atom stereocenters. The number of nitrogens with one attached hydrogen (secondary N) is 2. The fraction of sp³-hybridized carbons (Fsp3) is 0.632. The van der Waals surface area contributed by atoms with Crippen molar-refractivity contribution >= 4 is 5.96 Å². The van der Waals surface area contributed by atoms with Crippen LogP contribution in [0.5, 0.6) is 5.75 Å². The number of ether oxygens (including phenoxy) is 2. The third-order valence-electron chi connectivity index (χ3n) is 3.85. The number of hydrogen-bond acceptors (Lipinski definition) is 3. The lowest BCUT2D eigenvalue weighted by Gasteiger charge is -2.12. The molecule has 1 saturated carbocycles. The molecule has 0 radical (unpaired) electrons. The molecule has 1 aliphatic carbocycles. The van der Waals surface area contributed by atoms with E-state index in [-0.39, 0.29) is 0 Å². The summed E-state index contributed by atoms with van der Waals surface area (Å²) in [6.45, 7) is 5.05. The highest BCUT2D eigenvalue weighted by Gasteiger charge is 2.20. The second-order valence-electron chi connectivity index (χ2n) is 6.34. The van der Waals surface area contributed by atoms with Gasteiger partial charge >= 0.3 is 0 Å². The molecule has 0 aliphatic heterocycles. The van der Waals surface area contributed by atoms with E-state index in [0.29, 0.717) is 12.3 Å². The Labute approximate surface area is 154 Å². The van der Waals surface area contributed by atoms with E-state index < -0.39 is 13.0 Å². The highest BCUT2D eigenvalue weighted by Crippen LogP contribution is 2.28. The largest absolute Gasteiger partial charge is 0.488 e. The van der Waals surface area contributed by atoms with Crippen molar-refractivity contribution in [2.75, 3.05) is 32.9 Å². The molecule has 1 aromatic carbocycles. The van der Waals surface area contributed by atoms with Crippen molar-refractivity contribution in [1.82, 2.24) is 10.6 Å². The molecule has 1 aliphatic rings. The van der Waals surface area contributed by atoms with Gasteiger partial charge in [-0.1, -0.05) is 12.1 Å². The van der Waals surface area contributed by atoms with Crippen LogP contribution in [0.2, 0.25) is 0 Å². The zero-order valence-electron chi connectivity index (χ0n) is 15.3. The van der Waals surface area contributed by atoms with E-state index in [2.05, 4.69) is 15.6 Å². The Morgan fingerprint density at radius 2 is 2.15 bits per heavy atom.